The van der Waals surface area contributed by atoms with Crippen LogP contribution in [0, 0.1) is 25.1 Å². The number of nitrogens with one attached hydrogen (secondary N) is 3. The van der Waals surface area contributed by atoms with E-state index in [0.29, 0.717) is 114 Å². The summed E-state index contributed by atoms with van der Waals surface area (Å²) < 4.78 is 58.8. The number of fused-ring (bicyclic) bond motifs is 3. The number of rotatable bonds is 28. The van der Waals surface area contributed by atoms with Crippen molar-refractivity contribution in [2.24, 2.45) is 10.7 Å². The van der Waals surface area contributed by atoms with E-state index >= 15 is 4.39 Å². The van der Waals surface area contributed by atoms with Crippen molar-refractivity contribution in [2.75, 3.05) is 103 Å². The van der Waals surface area contributed by atoms with Gasteiger partial charge in [-0.1, -0.05) is 24.6 Å². The first-order valence-electron chi connectivity index (χ1n) is 27.6. The molecular weight excluding hydrogens is 1060 g/mol. The van der Waals surface area contributed by atoms with Gasteiger partial charge >= 0.3 is 6.01 Å². The number of aromatic nitrogens is 2. The van der Waals surface area contributed by atoms with Gasteiger partial charge in [-0.05, 0) is 106 Å². The SMILES string of the molecule is C#Cc1c(F)ccc(/C=C(O)\C=C\C(=C)N=Cc2c(CF)nc(OCC34CCCN3[C@@H](COCCOCCOCCOCCNc3cccc(C(=O)N(C)C5CCC(=O)NC5=O)c3C=O)CC4)nc2N2CC3CCC(C2)N3)c1C.NC=O. The lowest BCUT2D eigenvalue weighted by Crippen LogP contribution is -2.53. The number of likely N-dealkylation sites (N-methyl/N-ethyl adjacent to an activating group) is 1. The number of hydrogen-bond acceptors (Lipinski definition) is 18. The van der Waals surface area contributed by atoms with Crippen LogP contribution in [-0.2, 0) is 40.0 Å². The average molecular weight is 1140 g/mol. The van der Waals surface area contributed by atoms with Gasteiger partial charge in [0.25, 0.3) is 5.91 Å². The van der Waals surface area contributed by atoms with E-state index in [1.807, 2.05) is 0 Å². The van der Waals surface area contributed by atoms with E-state index in [0.717, 1.165) is 45.1 Å². The molecule has 6 N–H and O–H groups in total. The summed E-state index contributed by atoms with van der Waals surface area (Å²) in [5.74, 6) is 0.855. The predicted octanol–water partition coefficient (Wildman–Crippen LogP) is 4.75. The molecule has 0 aliphatic carbocycles. The number of alkyl halides is 1. The van der Waals surface area contributed by atoms with E-state index in [9.17, 15) is 28.7 Å². The molecule has 8 rings (SSSR count). The molecule has 440 valence electrons. The molecule has 5 fully saturated rings. The molecule has 4 unspecified atom stereocenters. The van der Waals surface area contributed by atoms with Gasteiger partial charge in [0.2, 0.25) is 18.2 Å². The largest absolute Gasteiger partial charge is 0.508 e. The van der Waals surface area contributed by atoms with E-state index in [2.05, 4.69) is 54.0 Å². The van der Waals surface area contributed by atoms with Crippen LogP contribution < -0.4 is 31.3 Å². The number of nitrogens with zero attached hydrogens (tertiary/aromatic N) is 6. The van der Waals surface area contributed by atoms with Crippen molar-refractivity contribution in [1.82, 2.24) is 30.4 Å². The first-order chi connectivity index (χ1) is 39.7. The maximum atomic E-state index is 15.0. The summed E-state index contributed by atoms with van der Waals surface area (Å²) >= 11 is 0. The van der Waals surface area contributed by atoms with Crippen LogP contribution in [0.3, 0.4) is 0 Å². The normalized spacial score (nSPS) is 21.5. The minimum atomic E-state index is -0.870. The van der Waals surface area contributed by atoms with Crippen LogP contribution in [0.25, 0.3) is 6.08 Å². The van der Waals surface area contributed by atoms with Crippen molar-refractivity contribution in [2.45, 2.75) is 94.7 Å². The Morgan fingerprint density at radius 1 is 1.00 bits per heavy atom. The van der Waals surface area contributed by atoms with Crippen molar-refractivity contribution in [3.63, 3.8) is 0 Å². The molecule has 2 aromatic carbocycles. The van der Waals surface area contributed by atoms with E-state index < -0.39 is 30.3 Å². The van der Waals surface area contributed by atoms with Crippen molar-refractivity contribution in [3.8, 4) is 18.4 Å². The standard InChI is InChI=1S/C58H71F2N9O10.CH3NO/c1-5-45-39(3)40(11-15-49(45)60)30-44(71)14-10-38(2)62-32-47-51(31-59)64-57(66-54(47)68-33-41-12-13-42(34-68)63-41)79-37-58-19-7-22-69(58)43(18-20-58)36-78-29-28-77-27-26-76-25-24-75-23-21-61-50-9-6-8-46(48(50)35-70)56(74)67(4)52-16-17-53(72)65-55(52)73;2-1-3/h1,6,8-11,14-15,30,32,35,41-43,52,61,63,71H,2,7,12-13,16-29,31,33-34,36-37H2,3-4H3,(H,65,72,73);1H,(H2,2,3)/b14-10+,44-30+,62-32?;/t41?,42?,43-,52?,58?;/m1./s1. The number of halogens is 2. The summed E-state index contributed by atoms with van der Waals surface area (Å²) in [6.07, 6.45) is 18.5. The van der Waals surface area contributed by atoms with Crippen molar-refractivity contribution >= 4 is 54.2 Å². The molecule has 5 aliphatic heterocycles. The average Bonchev–Trinajstić information content (AvgIpc) is 4.21. The summed E-state index contributed by atoms with van der Waals surface area (Å²) in [6, 6.07) is 7.75. The topological polar surface area (TPSA) is 262 Å². The van der Waals surface area contributed by atoms with Gasteiger partial charge in [-0.3, -0.25) is 39.2 Å². The monoisotopic (exact) mass is 1140 g/mol. The number of primary amides is 1. The zero-order chi connectivity index (χ0) is 58.6. The van der Waals surface area contributed by atoms with Crippen molar-refractivity contribution in [3.05, 3.63) is 105 Å². The second-order valence-corrected chi connectivity index (χ2v) is 20.5. The van der Waals surface area contributed by atoms with E-state index in [4.69, 9.17) is 39.9 Å². The second-order valence-electron chi connectivity index (χ2n) is 20.5. The number of imide groups is 1. The Hall–Kier alpha value is -7.46. The second kappa shape index (κ2) is 30.6. The first-order valence-corrected chi connectivity index (χ1v) is 27.6. The maximum Gasteiger partial charge on any atom is 0.318 e. The van der Waals surface area contributed by atoms with Gasteiger partial charge in [0, 0.05) is 63.1 Å². The van der Waals surface area contributed by atoms with Crippen molar-refractivity contribution in [1.29, 1.82) is 0 Å². The molecule has 5 aliphatic rings. The predicted molar refractivity (Wildman–Crippen MR) is 304 cm³/mol. The van der Waals surface area contributed by atoms with Gasteiger partial charge in [0.05, 0.1) is 92.0 Å². The number of piperazine rings is 1. The highest BCUT2D eigenvalue weighted by Gasteiger charge is 2.50. The number of aliphatic hydroxyl groups excluding tert-OH is 1. The van der Waals surface area contributed by atoms with Crippen LogP contribution in [0.4, 0.5) is 20.3 Å². The van der Waals surface area contributed by atoms with E-state index in [-0.39, 0.29) is 88.7 Å². The van der Waals surface area contributed by atoms with Gasteiger partial charge in [0.1, 0.15) is 36.7 Å². The summed E-state index contributed by atoms with van der Waals surface area (Å²) in [5, 5.41) is 19.7. The smallest absolute Gasteiger partial charge is 0.318 e. The summed E-state index contributed by atoms with van der Waals surface area (Å²) in [7, 11) is 1.48. The summed E-state index contributed by atoms with van der Waals surface area (Å²) in [5.41, 5.74) is 6.82. The number of anilines is 2. The van der Waals surface area contributed by atoms with Crippen LogP contribution in [-0.4, -0.2) is 184 Å². The number of allylic oxidation sites excluding steroid dienone is 2. The van der Waals surface area contributed by atoms with Gasteiger partial charge in [-0.2, -0.15) is 9.97 Å². The quantitative estimate of drug-likeness (QED) is 0.0125. The van der Waals surface area contributed by atoms with Crippen LogP contribution >= 0.6 is 0 Å². The molecule has 21 nitrogen and oxygen atoms in total. The van der Waals surface area contributed by atoms with E-state index in [1.54, 1.807) is 19.1 Å². The molecule has 82 heavy (non-hydrogen) atoms. The third-order valence-corrected chi connectivity index (χ3v) is 15.3. The summed E-state index contributed by atoms with van der Waals surface area (Å²) in [4.78, 5) is 77.8. The lowest BCUT2D eigenvalue weighted by molar-refractivity contribution is -0.136. The van der Waals surface area contributed by atoms with Gasteiger partial charge < -0.3 is 55.0 Å². The lowest BCUT2D eigenvalue weighted by atomic mass is 9.95. The number of carbonyl (C=O) groups excluding carboxylic acids is 5. The number of aliphatic imine (C=N–C) groups is 1. The number of ether oxygens (including phenoxy) is 5. The Balaban J connectivity index is 0.00000316. The lowest BCUT2D eigenvalue weighted by Gasteiger charge is -2.35. The zero-order valence-corrected chi connectivity index (χ0v) is 46.5. The number of aliphatic hydroxyl groups is 1. The summed E-state index contributed by atoms with van der Waals surface area (Å²) in [6.45, 7) is 11.1. The Morgan fingerprint density at radius 2 is 1.71 bits per heavy atom. The van der Waals surface area contributed by atoms with Gasteiger partial charge in [0.15, 0.2) is 6.29 Å². The number of hydrogen-bond donors (Lipinski definition) is 5. The third-order valence-electron chi connectivity index (χ3n) is 15.3. The number of carbonyl (C=O) groups is 5. The van der Waals surface area contributed by atoms with Crippen LogP contribution in [0.5, 0.6) is 6.01 Å². The third kappa shape index (κ3) is 16.2. The first kappa shape index (κ1) is 62.1. The fourth-order valence-electron chi connectivity index (χ4n) is 11.1. The van der Waals surface area contributed by atoms with Crippen molar-refractivity contribution < 1.29 is 61.5 Å². The Kier molecular flexibility index (Phi) is 23.2. The maximum absolute atomic E-state index is 15.0. The van der Waals surface area contributed by atoms with E-state index in [1.165, 1.54) is 54.6 Å². The molecule has 5 atom stereocenters. The number of nitrogens with two attached hydrogens (primary N) is 1. The Labute approximate surface area is 476 Å². The number of amides is 4. The molecule has 1 aromatic heterocycles. The molecule has 6 heterocycles. The fourth-order valence-corrected chi connectivity index (χ4v) is 11.1. The molecule has 3 aromatic rings. The fraction of sp³-hybridized carbons (Fsp3) is 0.492. The molecule has 5 saturated heterocycles. The highest BCUT2D eigenvalue weighted by molar-refractivity contribution is 6.07. The molecular formula is C59H74F2N10O11. The van der Waals surface area contributed by atoms with Crippen LogP contribution in [0.15, 0.2) is 65.5 Å². The van der Waals surface area contributed by atoms with Gasteiger partial charge in [-0.15, -0.1) is 6.42 Å². The Bertz CT molecular complexity index is 2890. The number of benzene rings is 2. The number of aldehydes is 1. The van der Waals surface area contributed by atoms with Crippen LogP contribution in [0.2, 0.25) is 0 Å². The number of piperidine rings is 1. The zero-order valence-electron chi connectivity index (χ0n) is 46.5. The number of terminal acetylenes is 1. The minimum Gasteiger partial charge on any atom is -0.508 e. The molecule has 0 saturated carbocycles. The molecule has 0 radical (unpaired) electrons. The highest BCUT2D eigenvalue weighted by atomic mass is 19.1. The molecule has 2 bridgehead atoms. The Morgan fingerprint density at radius 3 is 2.39 bits per heavy atom. The molecule has 0 spiro atoms. The molecule has 4 amide bonds. The highest BCUT2D eigenvalue weighted by Crippen LogP contribution is 2.43. The van der Waals surface area contributed by atoms with Gasteiger partial charge in [-0.25, -0.2) is 8.78 Å². The minimum absolute atomic E-state index is 0.118. The van der Waals surface area contributed by atoms with Crippen LogP contribution in [0.1, 0.15) is 100 Å². The molecule has 23 heteroatoms.